The summed E-state index contributed by atoms with van der Waals surface area (Å²) in [5.74, 6) is 0. The lowest BCUT2D eigenvalue weighted by atomic mass is 10.1. The summed E-state index contributed by atoms with van der Waals surface area (Å²) in [6, 6.07) is 10.1. The van der Waals surface area contributed by atoms with Crippen LogP contribution in [0.3, 0.4) is 0 Å². The Morgan fingerprint density at radius 2 is 1.40 bits per heavy atom. The number of fused-ring (bicyclic) bond motifs is 1. The average Bonchev–Trinajstić information content (AvgIpc) is 3.18. The molecule has 0 aromatic heterocycles. The zero-order valence-electron chi connectivity index (χ0n) is 12.3. The molecular weight excluding hydrogens is 246 g/mol. The molecule has 3 fully saturated rings. The van der Waals surface area contributed by atoms with Gasteiger partial charge < -0.3 is 9.80 Å². The highest BCUT2D eigenvalue weighted by molar-refractivity contribution is 5.57. The van der Waals surface area contributed by atoms with E-state index in [9.17, 15) is 0 Å². The van der Waals surface area contributed by atoms with Crippen LogP contribution in [0.5, 0.6) is 0 Å². The van der Waals surface area contributed by atoms with Gasteiger partial charge in [-0.05, 0) is 56.5 Å². The van der Waals surface area contributed by atoms with Gasteiger partial charge in [0.2, 0.25) is 0 Å². The predicted molar refractivity (Wildman–Crippen MR) is 84.7 cm³/mol. The van der Waals surface area contributed by atoms with Crippen molar-refractivity contribution in [2.75, 3.05) is 49.1 Å². The maximum Gasteiger partial charge on any atom is 0.0368 e. The van der Waals surface area contributed by atoms with Crippen molar-refractivity contribution in [3.8, 4) is 0 Å². The Morgan fingerprint density at radius 1 is 0.700 bits per heavy atom. The smallest absolute Gasteiger partial charge is 0.0368 e. The molecule has 3 heterocycles. The second-order valence-electron chi connectivity index (χ2n) is 6.49. The van der Waals surface area contributed by atoms with Crippen molar-refractivity contribution in [2.24, 2.45) is 0 Å². The van der Waals surface area contributed by atoms with Crippen molar-refractivity contribution >= 4 is 11.4 Å². The highest BCUT2D eigenvalue weighted by atomic mass is 15.3. The number of anilines is 2. The van der Waals surface area contributed by atoms with Gasteiger partial charge in [-0.25, -0.2) is 0 Å². The van der Waals surface area contributed by atoms with Crippen LogP contribution in [-0.2, 0) is 0 Å². The molecule has 3 saturated heterocycles. The molecule has 0 N–H and O–H groups in total. The predicted octanol–water partition coefficient (Wildman–Crippen LogP) is 2.57. The van der Waals surface area contributed by atoms with Crippen molar-refractivity contribution in [1.82, 2.24) is 4.90 Å². The van der Waals surface area contributed by atoms with E-state index in [1.165, 1.54) is 76.3 Å². The zero-order valence-corrected chi connectivity index (χ0v) is 12.3. The highest BCUT2D eigenvalue weighted by Crippen LogP contribution is 2.28. The molecule has 0 spiro atoms. The molecule has 0 bridgehead atoms. The largest absolute Gasteiger partial charge is 0.372 e. The summed E-state index contributed by atoms with van der Waals surface area (Å²) in [4.78, 5) is 7.77. The number of hydrogen-bond donors (Lipinski definition) is 0. The van der Waals surface area contributed by atoms with Gasteiger partial charge in [0, 0.05) is 50.1 Å². The van der Waals surface area contributed by atoms with Crippen molar-refractivity contribution in [3.05, 3.63) is 24.3 Å². The fourth-order valence-corrected chi connectivity index (χ4v) is 4.08. The third kappa shape index (κ3) is 2.28. The summed E-state index contributed by atoms with van der Waals surface area (Å²) >= 11 is 0. The number of nitrogens with zero attached hydrogens (tertiary/aromatic N) is 3. The summed E-state index contributed by atoms with van der Waals surface area (Å²) in [5, 5.41) is 0. The van der Waals surface area contributed by atoms with Crippen molar-refractivity contribution in [2.45, 2.75) is 31.7 Å². The van der Waals surface area contributed by atoms with Gasteiger partial charge in [-0.15, -0.1) is 0 Å². The molecule has 3 aliphatic rings. The maximum atomic E-state index is 2.68. The van der Waals surface area contributed by atoms with Crippen LogP contribution in [0.1, 0.15) is 25.7 Å². The van der Waals surface area contributed by atoms with Crippen molar-refractivity contribution in [1.29, 1.82) is 0 Å². The summed E-state index contributed by atoms with van der Waals surface area (Å²) < 4.78 is 0. The number of rotatable bonds is 2. The molecule has 1 aromatic carbocycles. The Labute approximate surface area is 122 Å². The zero-order chi connectivity index (χ0) is 13.4. The molecule has 20 heavy (non-hydrogen) atoms. The molecule has 1 aromatic rings. The van der Waals surface area contributed by atoms with Gasteiger partial charge in [0.15, 0.2) is 0 Å². The summed E-state index contributed by atoms with van der Waals surface area (Å²) in [5.41, 5.74) is 2.82. The Morgan fingerprint density at radius 3 is 2.15 bits per heavy atom. The van der Waals surface area contributed by atoms with Crippen LogP contribution in [0.2, 0.25) is 0 Å². The van der Waals surface area contributed by atoms with Crippen LogP contribution in [0.4, 0.5) is 11.4 Å². The second-order valence-corrected chi connectivity index (χ2v) is 6.49. The van der Waals surface area contributed by atoms with Crippen molar-refractivity contribution in [3.63, 3.8) is 0 Å². The van der Waals surface area contributed by atoms with Gasteiger partial charge >= 0.3 is 0 Å². The van der Waals surface area contributed by atoms with Crippen molar-refractivity contribution < 1.29 is 0 Å². The van der Waals surface area contributed by atoms with E-state index in [-0.39, 0.29) is 0 Å². The minimum atomic E-state index is 0.807. The monoisotopic (exact) mass is 271 g/mol. The van der Waals surface area contributed by atoms with E-state index in [0.717, 1.165) is 6.04 Å². The van der Waals surface area contributed by atoms with E-state index in [0.29, 0.717) is 0 Å². The molecular formula is C17H25N3. The minimum absolute atomic E-state index is 0.807. The lowest BCUT2D eigenvalue weighted by Gasteiger charge is -2.39. The van der Waals surface area contributed by atoms with E-state index in [2.05, 4.69) is 39.0 Å². The molecule has 3 heteroatoms. The fraction of sp³-hybridized carbons (Fsp3) is 0.647. The van der Waals surface area contributed by atoms with Crippen LogP contribution >= 0.6 is 0 Å². The quantitative estimate of drug-likeness (QED) is 0.818. The van der Waals surface area contributed by atoms with Crippen LogP contribution in [0.15, 0.2) is 24.3 Å². The summed E-state index contributed by atoms with van der Waals surface area (Å²) in [6.45, 7) is 7.47. The third-order valence-corrected chi connectivity index (χ3v) is 5.27. The third-order valence-electron chi connectivity index (χ3n) is 5.27. The molecule has 4 rings (SSSR count). The first kappa shape index (κ1) is 12.5. The normalized spacial score (nSPS) is 27.1. The molecule has 0 aliphatic carbocycles. The van der Waals surface area contributed by atoms with E-state index in [4.69, 9.17) is 0 Å². The molecule has 1 unspecified atom stereocenters. The fourth-order valence-electron chi connectivity index (χ4n) is 4.08. The first-order valence-electron chi connectivity index (χ1n) is 8.24. The van der Waals surface area contributed by atoms with Gasteiger partial charge in [-0.2, -0.15) is 0 Å². The minimum Gasteiger partial charge on any atom is -0.372 e. The second kappa shape index (κ2) is 5.28. The van der Waals surface area contributed by atoms with E-state index in [1.54, 1.807) is 0 Å². The molecule has 108 valence electrons. The van der Waals surface area contributed by atoms with E-state index >= 15 is 0 Å². The van der Waals surface area contributed by atoms with Gasteiger partial charge in [0.1, 0.15) is 0 Å². The topological polar surface area (TPSA) is 9.72 Å². The highest BCUT2D eigenvalue weighted by Gasteiger charge is 2.30. The van der Waals surface area contributed by atoms with Gasteiger partial charge in [-0.3, -0.25) is 4.90 Å². The first-order valence-corrected chi connectivity index (χ1v) is 8.24. The molecule has 1 atom stereocenters. The lowest BCUT2D eigenvalue weighted by Crippen LogP contribution is -2.50. The van der Waals surface area contributed by atoms with Gasteiger partial charge in [0.25, 0.3) is 0 Å². The Hall–Kier alpha value is -1.22. The lowest BCUT2D eigenvalue weighted by molar-refractivity contribution is 0.231. The Bertz CT molecular complexity index is 450. The van der Waals surface area contributed by atoms with E-state index in [1.807, 2.05) is 0 Å². The van der Waals surface area contributed by atoms with Gasteiger partial charge in [0.05, 0.1) is 0 Å². The number of benzene rings is 1. The SMILES string of the molecule is c1cc(N2CCN3CCCC3C2)ccc1N1CCCC1. The van der Waals surface area contributed by atoms with E-state index < -0.39 is 0 Å². The Balaban J connectivity index is 1.45. The number of hydrogen-bond acceptors (Lipinski definition) is 3. The summed E-state index contributed by atoms with van der Waals surface area (Å²) in [7, 11) is 0. The molecule has 3 aliphatic heterocycles. The molecule has 0 amide bonds. The molecule has 0 radical (unpaired) electrons. The van der Waals surface area contributed by atoms with Crippen LogP contribution in [-0.4, -0.2) is 50.2 Å². The molecule has 3 nitrogen and oxygen atoms in total. The van der Waals surface area contributed by atoms with Crippen LogP contribution < -0.4 is 9.80 Å². The maximum absolute atomic E-state index is 2.68. The van der Waals surface area contributed by atoms with Crippen LogP contribution in [0.25, 0.3) is 0 Å². The van der Waals surface area contributed by atoms with Crippen LogP contribution in [0, 0.1) is 0 Å². The average molecular weight is 271 g/mol. The van der Waals surface area contributed by atoms with Gasteiger partial charge in [-0.1, -0.05) is 0 Å². The Kier molecular flexibility index (Phi) is 3.31. The summed E-state index contributed by atoms with van der Waals surface area (Å²) in [6.07, 6.45) is 5.49. The first-order chi connectivity index (χ1) is 9.90. The number of piperazine rings is 1. The molecule has 0 saturated carbocycles. The standard InChI is InChI=1S/C17H25N3/c1-2-10-18(9-1)15-5-7-16(8-6-15)20-13-12-19-11-3-4-17(19)14-20/h5-8,17H,1-4,9-14H2.